The van der Waals surface area contributed by atoms with E-state index in [2.05, 4.69) is 11.4 Å². The summed E-state index contributed by atoms with van der Waals surface area (Å²) >= 11 is 0. The lowest BCUT2D eigenvalue weighted by molar-refractivity contribution is -0.120. The van der Waals surface area contributed by atoms with E-state index in [-0.39, 0.29) is 17.5 Å². The van der Waals surface area contributed by atoms with Crippen molar-refractivity contribution in [3.8, 4) is 5.75 Å². The Morgan fingerprint density at radius 2 is 1.50 bits per heavy atom. The van der Waals surface area contributed by atoms with Gasteiger partial charge in [0.05, 0.1) is 23.7 Å². The van der Waals surface area contributed by atoms with Gasteiger partial charge in [-0.15, -0.1) is 0 Å². The fraction of sp³-hybridized carbons (Fsp3) is 0.296. The number of ether oxygens (including phenoxy) is 1. The van der Waals surface area contributed by atoms with Gasteiger partial charge in [0.15, 0.2) is 0 Å². The standard InChI is InChI=1S/C27H32N2O4S/c1-18-7-11-23(12-8-18)34(31,32)29(25-16-20(3)10-14-26(25)33-6)17-27(30)28-22(5)24-13-9-19(2)15-21(24)4/h7-16,22H,17H2,1-6H3,(H,28,30). The van der Waals surface area contributed by atoms with Gasteiger partial charge in [-0.3, -0.25) is 9.10 Å². The Labute approximate surface area is 202 Å². The largest absolute Gasteiger partial charge is 0.495 e. The minimum atomic E-state index is -4.04. The number of nitrogens with zero attached hydrogens (tertiary/aromatic N) is 1. The second kappa shape index (κ2) is 10.3. The van der Waals surface area contributed by atoms with Crippen LogP contribution in [0.4, 0.5) is 5.69 Å². The first kappa shape index (κ1) is 25.3. The zero-order valence-electron chi connectivity index (χ0n) is 20.5. The molecule has 0 aliphatic rings. The van der Waals surface area contributed by atoms with Crippen LogP contribution in [-0.4, -0.2) is 28.0 Å². The van der Waals surface area contributed by atoms with E-state index in [0.717, 1.165) is 32.1 Å². The topological polar surface area (TPSA) is 75.7 Å². The summed E-state index contributed by atoms with van der Waals surface area (Å²) in [6.45, 7) is 9.27. The number of anilines is 1. The van der Waals surface area contributed by atoms with E-state index in [1.807, 2.05) is 52.8 Å². The van der Waals surface area contributed by atoms with Gasteiger partial charge in [0, 0.05) is 0 Å². The normalized spacial score (nSPS) is 12.2. The summed E-state index contributed by atoms with van der Waals surface area (Å²) in [6, 6.07) is 17.6. The Balaban J connectivity index is 1.98. The first-order chi connectivity index (χ1) is 16.0. The molecule has 0 radical (unpaired) electrons. The highest BCUT2D eigenvalue weighted by Gasteiger charge is 2.30. The number of aryl methyl sites for hydroxylation is 4. The Bertz CT molecular complexity index is 1280. The van der Waals surface area contributed by atoms with Gasteiger partial charge in [-0.05, 0) is 75.6 Å². The van der Waals surface area contributed by atoms with Gasteiger partial charge in [-0.1, -0.05) is 47.5 Å². The minimum absolute atomic E-state index is 0.108. The third-order valence-corrected chi connectivity index (χ3v) is 7.54. The third kappa shape index (κ3) is 5.59. The smallest absolute Gasteiger partial charge is 0.264 e. The molecule has 7 heteroatoms. The van der Waals surface area contributed by atoms with Gasteiger partial charge >= 0.3 is 0 Å². The van der Waals surface area contributed by atoms with Crippen molar-refractivity contribution in [1.29, 1.82) is 0 Å². The quantitative estimate of drug-likeness (QED) is 0.492. The van der Waals surface area contributed by atoms with Gasteiger partial charge in [0.1, 0.15) is 12.3 Å². The van der Waals surface area contributed by atoms with Crippen LogP contribution < -0.4 is 14.4 Å². The molecule has 180 valence electrons. The van der Waals surface area contributed by atoms with Crippen LogP contribution in [0.15, 0.2) is 65.6 Å². The fourth-order valence-electron chi connectivity index (χ4n) is 3.94. The number of sulfonamides is 1. The molecule has 1 atom stereocenters. The molecule has 3 rings (SSSR count). The van der Waals surface area contributed by atoms with Crippen molar-refractivity contribution >= 4 is 21.6 Å². The highest BCUT2D eigenvalue weighted by atomic mass is 32.2. The number of benzene rings is 3. The summed E-state index contributed by atoms with van der Waals surface area (Å²) in [5.41, 5.74) is 5.30. The van der Waals surface area contributed by atoms with E-state index in [1.54, 1.807) is 36.4 Å². The molecule has 0 saturated carbocycles. The molecule has 34 heavy (non-hydrogen) atoms. The zero-order chi connectivity index (χ0) is 25.0. The summed E-state index contributed by atoms with van der Waals surface area (Å²) in [5, 5.41) is 2.96. The summed E-state index contributed by atoms with van der Waals surface area (Å²) in [7, 11) is -2.56. The van der Waals surface area contributed by atoms with Crippen LogP contribution in [-0.2, 0) is 14.8 Å². The first-order valence-electron chi connectivity index (χ1n) is 11.1. The monoisotopic (exact) mass is 480 g/mol. The molecular weight excluding hydrogens is 448 g/mol. The van der Waals surface area contributed by atoms with Crippen LogP contribution in [0.25, 0.3) is 0 Å². The Morgan fingerprint density at radius 3 is 2.12 bits per heavy atom. The lowest BCUT2D eigenvalue weighted by Crippen LogP contribution is -2.41. The van der Waals surface area contributed by atoms with Crippen molar-refractivity contribution in [3.63, 3.8) is 0 Å². The van der Waals surface area contributed by atoms with Gasteiger partial charge in [0.25, 0.3) is 10.0 Å². The van der Waals surface area contributed by atoms with Crippen molar-refractivity contribution in [2.24, 2.45) is 0 Å². The molecule has 0 saturated heterocycles. The highest BCUT2D eigenvalue weighted by molar-refractivity contribution is 7.92. The maximum Gasteiger partial charge on any atom is 0.264 e. The van der Waals surface area contributed by atoms with Crippen LogP contribution in [0.1, 0.15) is 40.8 Å². The second-order valence-electron chi connectivity index (χ2n) is 8.65. The molecule has 1 amide bonds. The molecule has 3 aromatic carbocycles. The van der Waals surface area contributed by atoms with E-state index in [9.17, 15) is 13.2 Å². The number of rotatable bonds is 8. The Morgan fingerprint density at radius 1 is 0.912 bits per heavy atom. The molecule has 1 N–H and O–H groups in total. The number of hydrogen-bond donors (Lipinski definition) is 1. The first-order valence-corrected chi connectivity index (χ1v) is 12.6. The lowest BCUT2D eigenvalue weighted by atomic mass is 10.0. The van der Waals surface area contributed by atoms with E-state index >= 15 is 0 Å². The van der Waals surface area contributed by atoms with E-state index < -0.39 is 15.9 Å². The molecule has 1 unspecified atom stereocenters. The number of methoxy groups -OCH3 is 1. The van der Waals surface area contributed by atoms with Gasteiger partial charge in [-0.2, -0.15) is 0 Å². The number of carbonyl (C=O) groups excluding carboxylic acids is 1. The summed E-state index contributed by atoms with van der Waals surface area (Å²) in [5.74, 6) is -0.0387. The maximum atomic E-state index is 13.7. The predicted octanol–water partition coefficient (Wildman–Crippen LogP) is 5.00. The second-order valence-corrected chi connectivity index (χ2v) is 10.5. The summed E-state index contributed by atoms with van der Waals surface area (Å²) in [4.78, 5) is 13.3. The molecule has 0 spiro atoms. The fourth-order valence-corrected chi connectivity index (χ4v) is 5.36. The van der Waals surface area contributed by atoms with E-state index in [0.29, 0.717) is 11.4 Å². The molecule has 6 nitrogen and oxygen atoms in total. The van der Waals surface area contributed by atoms with Crippen LogP contribution >= 0.6 is 0 Å². The summed E-state index contributed by atoms with van der Waals surface area (Å²) in [6.07, 6.45) is 0. The Hall–Kier alpha value is -3.32. The molecular formula is C27H32N2O4S. The molecule has 0 aliphatic heterocycles. The van der Waals surface area contributed by atoms with Gasteiger partial charge < -0.3 is 10.1 Å². The van der Waals surface area contributed by atoms with Crippen LogP contribution in [0.2, 0.25) is 0 Å². The number of carbonyl (C=O) groups is 1. The van der Waals surface area contributed by atoms with E-state index in [1.165, 1.54) is 7.11 Å². The highest BCUT2D eigenvalue weighted by Crippen LogP contribution is 2.33. The molecule has 0 aromatic heterocycles. The average Bonchev–Trinajstić information content (AvgIpc) is 2.77. The minimum Gasteiger partial charge on any atom is -0.495 e. The van der Waals surface area contributed by atoms with Gasteiger partial charge in [-0.25, -0.2) is 8.42 Å². The number of hydrogen-bond acceptors (Lipinski definition) is 4. The molecule has 0 aliphatic carbocycles. The Kier molecular flexibility index (Phi) is 7.67. The van der Waals surface area contributed by atoms with Crippen molar-refractivity contribution in [1.82, 2.24) is 5.32 Å². The number of nitrogens with one attached hydrogen (secondary N) is 1. The summed E-state index contributed by atoms with van der Waals surface area (Å²) < 4.78 is 34.0. The predicted molar refractivity (Wildman–Crippen MR) is 136 cm³/mol. The third-order valence-electron chi connectivity index (χ3n) is 5.77. The molecule has 0 fully saturated rings. The SMILES string of the molecule is COc1ccc(C)cc1N(CC(=O)NC(C)c1ccc(C)cc1C)S(=O)(=O)c1ccc(C)cc1. The van der Waals surface area contributed by atoms with E-state index in [4.69, 9.17) is 4.74 Å². The van der Waals surface area contributed by atoms with Gasteiger partial charge in [0.2, 0.25) is 5.91 Å². The molecule has 3 aromatic rings. The maximum absolute atomic E-state index is 13.7. The molecule has 0 heterocycles. The number of amides is 1. The lowest BCUT2D eigenvalue weighted by Gasteiger charge is -2.27. The molecule has 0 bridgehead atoms. The van der Waals surface area contributed by atoms with Crippen LogP contribution in [0, 0.1) is 27.7 Å². The van der Waals surface area contributed by atoms with Crippen molar-refractivity contribution in [2.75, 3.05) is 18.0 Å². The van der Waals surface area contributed by atoms with Crippen molar-refractivity contribution in [2.45, 2.75) is 45.6 Å². The van der Waals surface area contributed by atoms with Crippen LogP contribution in [0.5, 0.6) is 5.75 Å². The average molecular weight is 481 g/mol. The van der Waals surface area contributed by atoms with Crippen molar-refractivity contribution < 1.29 is 17.9 Å². The zero-order valence-corrected chi connectivity index (χ0v) is 21.4. The van der Waals surface area contributed by atoms with Crippen LogP contribution in [0.3, 0.4) is 0 Å². The van der Waals surface area contributed by atoms with Crippen molar-refractivity contribution in [3.05, 3.63) is 88.5 Å².